The molecule has 0 aromatic rings. The Balaban J connectivity index is 2.55. The average molecular weight is 284 g/mol. The average Bonchev–Trinajstić information content (AvgIpc) is 2.54. The van der Waals surface area contributed by atoms with E-state index in [1.807, 2.05) is 0 Å². The Morgan fingerprint density at radius 2 is 1.90 bits per heavy atom. The minimum atomic E-state index is 0.348. The van der Waals surface area contributed by atoms with E-state index in [2.05, 4.69) is 56.8 Å². The summed E-state index contributed by atoms with van der Waals surface area (Å²) in [4.78, 5) is 5.24. The van der Waals surface area contributed by atoms with Gasteiger partial charge in [0.1, 0.15) is 0 Å². The summed E-state index contributed by atoms with van der Waals surface area (Å²) in [7, 11) is 2.27. The Hall–Kier alpha value is -0.120. The van der Waals surface area contributed by atoms with Gasteiger partial charge in [0.2, 0.25) is 0 Å². The Morgan fingerprint density at radius 1 is 1.20 bits per heavy atom. The largest absolute Gasteiger partial charge is 0.314 e. The first-order chi connectivity index (χ1) is 9.38. The summed E-state index contributed by atoms with van der Waals surface area (Å²) >= 11 is 0. The summed E-state index contributed by atoms with van der Waals surface area (Å²) < 4.78 is 0. The molecule has 1 rings (SSSR count). The van der Waals surface area contributed by atoms with Gasteiger partial charge in [0.25, 0.3) is 0 Å². The third-order valence-corrected chi connectivity index (χ3v) is 4.70. The number of nitrogens with zero attached hydrogens (tertiary/aromatic N) is 2. The first-order valence-corrected chi connectivity index (χ1v) is 8.54. The van der Waals surface area contributed by atoms with Gasteiger partial charge in [0.05, 0.1) is 0 Å². The normalized spacial score (nSPS) is 24.6. The van der Waals surface area contributed by atoms with Crippen LogP contribution in [0.25, 0.3) is 0 Å². The van der Waals surface area contributed by atoms with Gasteiger partial charge in [-0.15, -0.1) is 0 Å². The van der Waals surface area contributed by atoms with Gasteiger partial charge in [-0.05, 0) is 57.9 Å². The summed E-state index contributed by atoms with van der Waals surface area (Å²) in [6.45, 7) is 17.7. The molecule has 0 aromatic carbocycles. The summed E-state index contributed by atoms with van der Waals surface area (Å²) in [5.41, 5.74) is 0.348. The van der Waals surface area contributed by atoms with Crippen molar-refractivity contribution in [3.8, 4) is 0 Å². The van der Waals surface area contributed by atoms with Gasteiger partial charge >= 0.3 is 0 Å². The van der Waals surface area contributed by atoms with Crippen molar-refractivity contribution in [2.24, 2.45) is 5.41 Å². The lowest BCUT2D eigenvalue weighted by molar-refractivity contribution is 0.157. The van der Waals surface area contributed by atoms with Crippen LogP contribution >= 0.6 is 0 Å². The first kappa shape index (κ1) is 17.9. The number of hydrogen-bond acceptors (Lipinski definition) is 3. The van der Waals surface area contributed by atoms with Gasteiger partial charge in [0.15, 0.2) is 0 Å². The number of likely N-dealkylation sites (N-methyl/N-ethyl adjacent to an activating group) is 1. The summed E-state index contributed by atoms with van der Waals surface area (Å²) in [5.74, 6) is 0. The van der Waals surface area contributed by atoms with Crippen molar-refractivity contribution >= 4 is 0 Å². The highest BCUT2D eigenvalue weighted by atomic mass is 15.2. The molecule has 1 aliphatic rings. The van der Waals surface area contributed by atoms with Gasteiger partial charge in [-0.2, -0.15) is 0 Å². The van der Waals surface area contributed by atoms with Crippen LogP contribution in [0.1, 0.15) is 53.9 Å². The molecular weight excluding hydrogens is 246 g/mol. The molecule has 1 saturated heterocycles. The fraction of sp³-hybridized carbons (Fsp3) is 1.00. The highest BCUT2D eigenvalue weighted by molar-refractivity contribution is 4.84. The van der Waals surface area contributed by atoms with E-state index >= 15 is 0 Å². The minimum absolute atomic E-state index is 0.348. The van der Waals surface area contributed by atoms with Crippen molar-refractivity contribution in [3.63, 3.8) is 0 Å². The van der Waals surface area contributed by atoms with E-state index in [0.717, 1.165) is 12.6 Å². The molecule has 20 heavy (non-hydrogen) atoms. The Kier molecular flexibility index (Phi) is 7.49. The lowest BCUT2D eigenvalue weighted by Gasteiger charge is -2.35. The molecule has 0 spiro atoms. The maximum absolute atomic E-state index is 3.68. The van der Waals surface area contributed by atoms with Crippen LogP contribution in [0.4, 0.5) is 0 Å². The molecule has 0 radical (unpaired) electrons. The van der Waals surface area contributed by atoms with E-state index in [1.165, 1.54) is 45.4 Å². The highest BCUT2D eigenvalue weighted by Gasteiger charge is 2.26. The molecule has 3 heteroatoms. The Bertz CT molecular complexity index is 259. The molecule has 1 fully saturated rings. The molecule has 1 N–H and O–H groups in total. The lowest BCUT2D eigenvalue weighted by Crippen LogP contribution is -2.45. The van der Waals surface area contributed by atoms with Crippen molar-refractivity contribution < 1.29 is 0 Å². The second-order valence-electron chi connectivity index (χ2n) is 7.48. The molecule has 1 aliphatic heterocycles. The molecule has 2 atom stereocenters. The van der Waals surface area contributed by atoms with Crippen molar-refractivity contribution in [2.45, 2.75) is 66.0 Å². The second-order valence-corrected chi connectivity index (χ2v) is 7.48. The topological polar surface area (TPSA) is 18.5 Å². The quantitative estimate of drug-likeness (QED) is 0.809. The fourth-order valence-electron chi connectivity index (χ4n) is 3.36. The maximum Gasteiger partial charge on any atom is 0.0220 e. The lowest BCUT2D eigenvalue weighted by atomic mass is 9.84. The molecule has 0 saturated carbocycles. The van der Waals surface area contributed by atoms with Crippen LogP contribution in [-0.2, 0) is 0 Å². The third-order valence-electron chi connectivity index (χ3n) is 4.70. The number of hydrogen-bond donors (Lipinski definition) is 1. The third kappa shape index (κ3) is 5.71. The first-order valence-electron chi connectivity index (χ1n) is 8.54. The maximum atomic E-state index is 3.68. The zero-order valence-electron chi connectivity index (χ0n) is 14.7. The fourth-order valence-corrected chi connectivity index (χ4v) is 3.36. The SMILES string of the molecule is CCNC(CCN1CCCN(C)CC1CC)C(C)(C)C. The highest BCUT2D eigenvalue weighted by Crippen LogP contribution is 2.23. The molecule has 0 aromatic heterocycles. The van der Waals surface area contributed by atoms with Crippen LogP contribution < -0.4 is 5.32 Å². The summed E-state index contributed by atoms with van der Waals surface area (Å²) in [6, 6.07) is 1.36. The summed E-state index contributed by atoms with van der Waals surface area (Å²) in [5, 5.41) is 3.68. The number of rotatable bonds is 6. The predicted molar refractivity (Wildman–Crippen MR) is 89.3 cm³/mol. The minimum Gasteiger partial charge on any atom is -0.314 e. The van der Waals surface area contributed by atoms with Crippen molar-refractivity contribution in [2.75, 3.05) is 39.8 Å². The van der Waals surface area contributed by atoms with Crippen molar-refractivity contribution in [3.05, 3.63) is 0 Å². The standard InChI is InChI=1S/C17H37N3/c1-7-15-14-19(6)11-9-12-20(15)13-10-16(18-8-2)17(3,4)5/h15-16,18H,7-14H2,1-6H3. The van der Waals surface area contributed by atoms with E-state index in [1.54, 1.807) is 0 Å². The monoisotopic (exact) mass is 283 g/mol. The van der Waals surface area contributed by atoms with Crippen LogP contribution in [0.5, 0.6) is 0 Å². The molecule has 120 valence electrons. The van der Waals surface area contributed by atoms with Crippen LogP contribution in [-0.4, -0.2) is 61.7 Å². The van der Waals surface area contributed by atoms with E-state index in [-0.39, 0.29) is 0 Å². The van der Waals surface area contributed by atoms with Gasteiger partial charge in [0, 0.05) is 18.6 Å². The molecule has 0 amide bonds. The van der Waals surface area contributed by atoms with Crippen LogP contribution in [0.3, 0.4) is 0 Å². The molecular formula is C17H37N3. The van der Waals surface area contributed by atoms with Gasteiger partial charge in [-0.3, -0.25) is 4.90 Å². The van der Waals surface area contributed by atoms with Crippen LogP contribution in [0, 0.1) is 5.41 Å². The van der Waals surface area contributed by atoms with Crippen molar-refractivity contribution in [1.82, 2.24) is 15.1 Å². The molecule has 3 nitrogen and oxygen atoms in total. The molecule has 0 bridgehead atoms. The zero-order chi connectivity index (χ0) is 15.2. The van der Waals surface area contributed by atoms with Crippen LogP contribution in [0.15, 0.2) is 0 Å². The van der Waals surface area contributed by atoms with Gasteiger partial charge in [-0.1, -0.05) is 34.6 Å². The molecule has 2 unspecified atom stereocenters. The van der Waals surface area contributed by atoms with E-state index < -0.39 is 0 Å². The zero-order valence-corrected chi connectivity index (χ0v) is 14.7. The van der Waals surface area contributed by atoms with E-state index in [0.29, 0.717) is 11.5 Å². The second kappa shape index (κ2) is 8.35. The van der Waals surface area contributed by atoms with Crippen LogP contribution in [0.2, 0.25) is 0 Å². The predicted octanol–water partition coefficient (Wildman–Crippen LogP) is 2.82. The Labute approximate surface area is 127 Å². The Morgan fingerprint density at radius 3 is 2.45 bits per heavy atom. The van der Waals surface area contributed by atoms with Gasteiger partial charge < -0.3 is 10.2 Å². The number of nitrogens with one attached hydrogen (secondary N) is 1. The van der Waals surface area contributed by atoms with E-state index in [9.17, 15) is 0 Å². The van der Waals surface area contributed by atoms with Gasteiger partial charge in [-0.25, -0.2) is 0 Å². The summed E-state index contributed by atoms with van der Waals surface area (Å²) in [6.07, 6.45) is 3.84. The smallest absolute Gasteiger partial charge is 0.0220 e. The van der Waals surface area contributed by atoms with Crippen molar-refractivity contribution in [1.29, 1.82) is 0 Å². The molecule has 1 heterocycles. The van der Waals surface area contributed by atoms with E-state index in [4.69, 9.17) is 0 Å². The molecule has 0 aliphatic carbocycles.